The van der Waals surface area contributed by atoms with Crippen molar-refractivity contribution in [1.82, 2.24) is 9.78 Å². The summed E-state index contributed by atoms with van der Waals surface area (Å²) in [4.78, 5) is 25.5. The van der Waals surface area contributed by atoms with Gasteiger partial charge in [0, 0.05) is 10.9 Å². The van der Waals surface area contributed by atoms with Gasteiger partial charge in [0.1, 0.15) is 5.69 Å². The van der Waals surface area contributed by atoms with E-state index < -0.39 is 5.97 Å². The Bertz CT molecular complexity index is 1250. The van der Waals surface area contributed by atoms with Gasteiger partial charge >= 0.3 is 5.97 Å². The van der Waals surface area contributed by atoms with Crippen LogP contribution in [-0.4, -0.2) is 22.9 Å². The SMILES string of the molecule is COC(=O)c1cccc(Cl)c1-n1nc(-c2ccccc2)c2ccccc2c1=O. The molecule has 0 radical (unpaired) electrons. The molecule has 0 unspecified atom stereocenters. The molecule has 4 rings (SSSR count). The van der Waals surface area contributed by atoms with Crippen LogP contribution in [0.3, 0.4) is 0 Å². The predicted octanol–water partition coefficient (Wildman–Crippen LogP) is 4.49. The Morgan fingerprint density at radius 3 is 2.32 bits per heavy atom. The molecule has 0 aliphatic heterocycles. The van der Waals surface area contributed by atoms with E-state index >= 15 is 0 Å². The van der Waals surface area contributed by atoms with Crippen LogP contribution in [0.2, 0.25) is 5.02 Å². The standard InChI is InChI=1S/C22H15ClN2O3/c1-28-22(27)17-12-7-13-18(23)20(17)25-21(26)16-11-6-5-10-15(16)19(24-25)14-8-3-2-4-9-14/h2-13H,1H3. The van der Waals surface area contributed by atoms with Crippen molar-refractivity contribution in [2.75, 3.05) is 7.11 Å². The zero-order valence-electron chi connectivity index (χ0n) is 14.9. The number of esters is 1. The lowest BCUT2D eigenvalue weighted by atomic mass is 10.0. The third-order valence-corrected chi connectivity index (χ3v) is 4.76. The normalized spacial score (nSPS) is 10.8. The van der Waals surface area contributed by atoms with Crippen LogP contribution in [0, 0.1) is 0 Å². The van der Waals surface area contributed by atoms with Crippen molar-refractivity contribution in [1.29, 1.82) is 0 Å². The quantitative estimate of drug-likeness (QED) is 0.483. The van der Waals surface area contributed by atoms with E-state index in [1.165, 1.54) is 11.8 Å². The molecule has 0 aliphatic carbocycles. The molecule has 0 saturated heterocycles. The summed E-state index contributed by atoms with van der Waals surface area (Å²) < 4.78 is 6.03. The number of ether oxygens (including phenoxy) is 1. The van der Waals surface area contributed by atoms with E-state index in [9.17, 15) is 9.59 Å². The Kier molecular flexibility index (Phi) is 4.67. The summed E-state index contributed by atoms with van der Waals surface area (Å²) in [5.41, 5.74) is 1.46. The Hall–Kier alpha value is -3.44. The highest BCUT2D eigenvalue weighted by atomic mass is 35.5. The number of rotatable bonds is 3. The van der Waals surface area contributed by atoms with Crippen molar-refractivity contribution in [3.05, 3.63) is 93.7 Å². The molecule has 4 aromatic rings. The second-order valence-electron chi connectivity index (χ2n) is 6.10. The van der Waals surface area contributed by atoms with Gasteiger partial charge < -0.3 is 4.74 Å². The number of fused-ring (bicyclic) bond motifs is 1. The number of methoxy groups -OCH3 is 1. The van der Waals surface area contributed by atoms with Gasteiger partial charge in [-0.15, -0.1) is 0 Å². The predicted molar refractivity (Wildman–Crippen MR) is 109 cm³/mol. The van der Waals surface area contributed by atoms with Crippen molar-refractivity contribution in [3.63, 3.8) is 0 Å². The van der Waals surface area contributed by atoms with Crippen molar-refractivity contribution in [2.45, 2.75) is 0 Å². The largest absolute Gasteiger partial charge is 0.465 e. The van der Waals surface area contributed by atoms with E-state index in [1.54, 1.807) is 30.3 Å². The summed E-state index contributed by atoms with van der Waals surface area (Å²) in [5.74, 6) is -0.597. The van der Waals surface area contributed by atoms with Gasteiger partial charge in [-0.3, -0.25) is 4.79 Å². The molecule has 1 aromatic heterocycles. The molecule has 0 aliphatic rings. The fourth-order valence-electron chi connectivity index (χ4n) is 3.16. The Labute approximate surface area is 165 Å². The van der Waals surface area contributed by atoms with Crippen LogP contribution in [0.4, 0.5) is 0 Å². The highest BCUT2D eigenvalue weighted by Crippen LogP contribution is 2.28. The number of hydrogen-bond acceptors (Lipinski definition) is 4. The Morgan fingerprint density at radius 2 is 1.61 bits per heavy atom. The summed E-state index contributed by atoms with van der Waals surface area (Å²) in [5, 5.41) is 6.02. The number of carbonyl (C=O) groups is 1. The minimum absolute atomic E-state index is 0.166. The average Bonchev–Trinajstić information content (AvgIpc) is 2.74. The minimum Gasteiger partial charge on any atom is -0.465 e. The van der Waals surface area contributed by atoms with Crippen molar-refractivity contribution in [2.24, 2.45) is 0 Å². The number of hydrogen-bond donors (Lipinski definition) is 0. The topological polar surface area (TPSA) is 61.2 Å². The van der Waals surface area contributed by atoms with Gasteiger partial charge in [-0.25, -0.2) is 4.79 Å². The van der Waals surface area contributed by atoms with Gasteiger partial charge in [0.25, 0.3) is 5.56 Å². The van der Waals surface area contributed by atoms with Crippen LogP contribution < -0.4 is 5.56 Å². The van der Waals surface area contributed by atoms with Crippen LogP contribution in [-0.2, 0) is 4.74 Å². The zero-order valence-corrected chi connectivity index (χ0v) is 15.7. The van der Waals surface area contributed by atoms with E-state index in [0.29, 0.717) is 11.1 Å². The molecule has 28 heavy (non-hydrogen) atoms. The fourth-order valence-corrected chi connectivity index (χ4v) is 3.41. The maximum Gasteiger partial charge on any atom is 0.340 e. The van der Waals surface area contributed by atoms with Crippen LogP contribution in [0.25, 0.3) is 27.7 Å². The number of nitrogens with zero attached hydrogens (tertiary/aromatic N) is 2. The monoisotopic (exact) mass is 390 g/mol. The van der Waals surface area contributed by atoms with Gasteiger partial charge in [0.05, 0.1) is 28.8 Å². The third-order valence-electron chi connectivity index (χ3n) is 4.46. The molecule has 0 N–H and O–H groups in total. The maximum absolute atomic E-state index is 13.2. The summed E-state index contributed by atoms with van der Waals surface area (Å²) in [6.07, 6.45) is 0. The first-order valence-corrected chi connectivity index (χ1v) is 8.94. The Morgan fingerprint density at radius 1 is 0.929 bits per heavy atom. The second-order valence-corrected chi connectivity index (χ2v) is 6.51. The van der Waals surface area contributed by atoms with E-state index in [1.807, 2.05) is 42.5 Å². The highest BCUT2D eigenvalue weighted by Gasteiger charge is 2.21. The molecule has 0 fully saturated rings. The molecule has 138 valence electrons. The lowest BCUT2D eigenvalue weighted by Gasteiger charge is -2.14. The average molecular weight is 391 g/mol. The first-order valence-electron chi connectivity index (χ1n) is 8.56. The summed E-state index contributed by atoms with van der Waals surface area (Å²) >= 11 is 6.38. The van der Waals surface area contributed by atoms with Gasteiger partial charge in [-0.2, -0.15) is 9.78 Å². The molecule has 1 heterocycles. The van der Waals surface area contributed by atoms with Gasteiger partial charge in [-0.1, -0.05) is 66.2 Å². The van der Waals surface area contributed by atoms with Gasteiger partial charge in [0.15, 0.2) is 0 Å². The second kappa shape index (κ2) is 7.29. The number of benzene rings is 3. The number of carbonyl (C=O) groups excluding carboxylic acids is 1. The van der Waals surface area contributed by atoms with E-state index in [4.69, 9.17) is 16.3 Å². The molecule has 3 aromatic carbocycles. The summed E-state index contributed by atoms with van der Waals surface area (Å²) in [7, 11) is 1.28. The smallest absolute Gasteiger partial charge is 0.340 e. The third kappa shape index (κ3) is 2.96. The molecule has 0 bridgehead atoms. The van der Waals surface area contributed by atoms with Crippen LogP contribution in [0.15, 0.2) is 77.6 Å². The molecule has 0 amide bonds. The minimum atomic E-state index is -0.597. The number of aromatic nitrogens is 2. The first kappa shape index (κ1) is 17.9. The van der Waals surface area contributed by atoms with Crippen LogP contribution in [0.5, 0.6) is 0 Å². The molecule has 5 nitrogen and oxygen atoms in total. The number of halogens is 1. The lowest BCUT2D eigenvalue weighted by molar-refractivity contribution is 0.0600. The zero-order chi connectivity index (χ0) is 19.7. The van der Waals surface area contributed by atoms with E-state index in [2.05, 4.69) is 5.10 Å². The van der Waals surface area contributed by atoms with Crippen molar-refractivity contribution < 1.29 is 9.53 Å². The molecular formula is C22H15ClN2O3. The van der Waals surface area contributed by atoms with Crippen LogP contribution in [0.1, 0.15) is 10.4 Å². The van der Waals surface area contributed by atoms with Crippen LogP contribution >= 0.6 is 11.6 Å². The molecule has 0 atom stereocenters. The van der Waals surface area contributed by atoms with Crippen molar-refractivity contribution >= 4 is 28.3 Å². The maximum atomic E-state index is 13.2. The van der Waals surface area contributed by atoms with Gasteiger partial charge in [0.2, 0.25) is 0 Å². The molecule has 0 spiro atoms. The fraction of sp³-hybridized carbons (Fsp3) is 0.0455. The molecular weight excluding hydrogens is 376 g/mol. The first-order chi connectivity index (χ1) is 13.6. The summed E-state index contributed by atoms with van der Waals surface area (Å²) in [6.45, 7) is 0. The number of para-hydroxylation sites is 1. The molecule has 0 saturated carbocycles. The highest BCUT2D eigenvalue weighted by molar-refractivity contribution is 6.33. The van der Waals surface area contributed by atoms with Crippen molar-refractivity contribution in [3.8, 4) is 16.9 Å². The van der Waals surface area contributed by atoms with E-state index in [0.717, 1.165) is 10.9 Å². The van der Waals surface area contributed by atoms with E-state index in [-0.39, 0.29) is 21.8 Å². The summed E-state index contributed by atoms with van der Waals surface area (Å²) in [6, 6.07) is 21.6. The van der Waals surface area contributed by atoms with Gasteiger partial charge in [-0.05, 0) is 18.2 Å². The lowest BCUT2D eigenvalue weighted by Crippen LogP contribution is -2.24. The molecule has 6 heteroatoms. The Balaban J connectivity index is 2.13.